The molecule has 0 aromatic heterocycles. The molecule has 0 saturated carbocycles. The van der Waals surface area contributed by atoms with Gasteiger partial charge in [-0.15, -0.1) is 0 Å². The van der Waals surface area contributed by atoms with Gasteiger partial charge >= 0.3 is 0 Å². The summed E-state index contributed by atoms with van der Waals surface area (Å²) in [6, 6.07) is 10.9. The van der Waals surface area contributed by atoms with Crippen LogP contribution in [0.2, 0.25) is 5.02 Å². The molecule has 4 heteroatoms. The second kappa shape index (κ2) is 6.82. The summed E-state index contributed by atoms with van der Waals surface area (Å²) in [6.07, 6.45) is 0.580. The summed E-state index contributed by atoms with van der Waals surface area (Å²) in [7, 11) is 0. The SMILES string of the molecule is CCNC(Cc1ccccc1Cl)c1cc(F)cc(F)c1. The quantitative estimate of drug-likeness (QED) is 0.855. The van der Waals surface area contributed by atoms with Gasteiger partial charge in [0.25, 0.3) is 0 Å². The van der Waals surface area contributed by atoms with Crippen LogP contribution in [0.5, 0.6) is 0 Å². The molecule has 2 aromatic carbocycles. The summed E-state index contributed by atoms with van der Waals surface area (Å²) < 4.78 is 26.7. The molecule has 2 rings (SSSR count). The number of benzene rings is 2. The van der Waals surface area contributed by atoms with Gasteiger partial charge in [0.15, 0.2) is 0 Å². The summed E-state index contributed by atoms with van der Waals surface area (Å²) in [6.45, 7) is 2.66. The van der Waals surface area contributed by atoms with Crippen LogP contribution in [0.1, 0.15) is 24.1 Å². The minimum absolute atomic E-state index is 0.176. The van der Waals surface area contributed by atoms with Crippen LogP contribution in [0.25, 0.3) is 0 Å². The van der Waals surface area contributed by atoms with Gasteiger partial charge in [0.2, 0.25) is 0 Å². The predicted molar refractivity (Wildman–Crippen MR) is 77.9 cm³/mol. The molecule has 0 aliphatic heterocycles. The topological polar surface area (TPSA) is 12.0 Å². The van der Waals surface area contributed by atoms with Crippen molar-refractivity contribution < 1.29 is 8.78 Å². The fourth-order valence-electron chi connectivity index (χ4n) is 2.21. The Morgan fingerprint density at radius 2 is 1.75 bits per heavy atom. The standard InChI is InChI=1S/C16H16ClF2N/c1-2-20-16(9-11-5-3-4-6-15(11)17)12-7-13(18)10-14(19)8-12/h3-8,10,16,20H,2,9H2,1H3. The summed E-state index contributed by atoms with van der Waals surface area (Å²) in [4.78, 5) is 0. The third kappa shape index (κ3) is 3.78. The van der Waals surface area contributed by atoms with E-state index < -0.39 is 11.6 Å². The Balaban J connectivity index is 2.29. The van der Waals surface area contributed by atoms with Gasteiger partial charge in [0.1, 0.15) is 11.6 Å². The van der Waals surface area contributed by atoms with Gasteiger partial charge in [-0.3, -0.25) is 0 Å². The van der Waals surface area contributed by atoms with E-state index in [1.807, 2.05) is 31.2 Å². The number of rotatable bonds is 5. The number of likely N-dealkylation sites (N-methyl/N-ethyl adjacent to an activating group) is 1. The minimum atomic E-state index is -0.568. The van der Waals surface area contributed by atoms with Crippen LogP contribution in [0, 0.1) is 11.6 Å². The third-order valence-corrected chi connectivity index (χ3v) is 3.49. The molecular weight excluding hydrogens is 280 g/mol. The van der Waals surface area contributed by atoms with Crippen LogP contribution in [0.3, 0.4) is 0 Å². The normalized spacial score (nSPS) is 12.4. The van der Waals surface area contributed by atoms with E-state index in [1.165, 1.54) is 12.1 Å². The van der Waals surface area contributed by atoms with E-state index in [0.717, 1.165) is 11.6 Å². The molecule has 0 spiro atoms. The largest absolute Gasteiger partial charge is 0.310 e. The zero-order chi connectivity index (χ0) is 14.5. The second-order valence-corrected chi connectivity index (χ2v) is 5.02. The van der Waals surface area contributed by atoms with Gasteiger partial charge in [-0.25, -0.2) is 8.78 Å². The molecule has 1 N–H and O–H groups in total. The summed E-state index contributed by atoms with van der Waals surface area (Å²) in [5.74, 6) is -1.14. The van der Waals surface area contributed by atoms with E-state index in [0.29, 0.717) is 23.6 Å². The van der Waals surface area contributed by atoms with Crippen molar-refractivity contribution in [1.29, 1.82) is 0 Å². The Morgan fingerprint density at radius 1 is 1.10 bits per heavy atom. The average Bonchev–Trinajstić information content (AvgIpc) is 2.39. The molecule has 0 aliphatic rings. The number of halogens is 3. The lowest BCUT2D eigenvalue weighted by molar-refractivity contribution is 0.529. The Bertz CT molecular complexity index is 566. The predicted octanol–water partition coefficient (Wildman–Crippen LogP) is 4.51. The van der Waals surface area contributed by atoms with Gasteiger partial charge < -0.3 is 5.32 Å². The summed E-state index contributed by atoms with van der Waals surface area (Å²) >= 11 is 6.14. The molecule has 1 nitrogen and oxygen atoms in total. The molecular formula is C16H16ClF2N. The Labute approximate surface area is 122 Å². The summed E-state index contributed by atoms with van der Waals surface area (Å²) in [5, 5.41) is 3.90. The molecule has 1 atom stereocenters. The van der Waals surface area contributed by atoms with Crippen molar-refractivity contribution in [3.05, 3.63) is 70.2 Å². The van der Waals surface area contributed by atoms with E-state index in [4.69, 9.17) is 11.6 Å². The Hall–Kier alpha value is -1.45. The van der Waals surface area contributed by atoms with Crippen LogP contribution >= 0.6 is 11.6 Å². The van der Waals surface area contributed by atoms with Crippen LogP contribution < -0.4 is 5.32 Å². The van der Waals surface area contributed by atoms with Crippen molar-refractivity contribution in [2.24, 2.45) is 0 Å². The molecule has 0 saturated heterocycles. The molecule has 20 heavy (non-hydrogen) atoms. The lowest BCUT2D eigenvalue weighted by Crippen LogP contribution is -2.23. The van der Waals surface area contributed by atoms with Crippen molar-refractivity contribution in [2.75, 3.05) is 6.54 Å². The highest BCUT2D eigenvalue weighted by atomic mass is 35.5. The third-order valence-electron chi connectivity index (χ3n) is 3.12. The molecule has 0 bridgehead atoms. The second-order valence-electron chi connectivity index (χ2n) is 4.61. The highest BCUT2D eigenvalue weighted by Gasteiger charge is 2.14. The van der Waals surface area contributed by atoms with Gasteiger partial charge in [-0.1, -0.05) is 36.7 Å². The molecule has 0 heterocycles. The lowest BCUT2D eigenvalue weighted by Gasteiger charge is -2.19. The maximum Gasteiger partial charge on any atom is 0.126 e. The molecule has 0 aliphatic carbocycles. The van der Waals surface area contributed by atoms with Crippen molar-refractivity contribution in [1.82, 2.24) is 5.32 Å². The molecule has 0 fully saturated rings. The first-order chi connectivity index (χ1) is 9.60. The molecule has 0 radical (unpaired) electrons. The first kappa shape index (κ1) is 14.9. The Kier molecular flexibility index (Phi) is 5.10. The first-order valence-electron chi connectivity index (χ1n) is 6.53. The van der Waals surface area contributed by atoms with E-state index in [-0.39, 0.29) is 6.04 Å². The first-order valence-corrected chi connectivity index (χ1v) is 6.90. The van der Waals surface area contributed by atoms with Gasteiger partial charge in [-0.2, -0.15) is 0 Å². The zero-order valence-corrected chi connectivity index (χ0v) is 11.9. The smallest absolute Gasteiger partial charge is 0.126 e. The lowest BCUT2D eigenvalue weighted by atomic mass is 9.98. The zero-order valence-electron chi connectivity index (χ0n) is 11.2. The van der Waals surface area contributed by atoms with Gasteiger partial charge in [-0.05, 0) is 42.3 Å². The molecule has 1 unspecified atom stereocenters. The van der Waals surface area contributed by atoms with Crippen LogP contribution in [0.4, 0.5) is 8.78 Å². The number of hydrogen-bond donors (Lipinski definition) is 1. The monoisotopic (exact) mass is 295 g/mol. The van der Waals surface area contributed by atoms with Crippen molar-refractivity contribution in [3.63, 3.8) is 0 Å². The van der Waals surface area contributed by atoms with Crippen molar-refractivity contribution in [3.8, 4) is 0 Å². The fourth-order valence-corrected chi connectivity index (χ4v) is 2.43. The van der Waals surface area contributed by atoms with Crippen LogP contribution in [-0.4, -0.2) is 6.54 Å². The van der Waals surface area contributed by atoms with Crippen LogP contribution in [0.15, 0.2) is 42.5 Å². The fraction of sp³-hybridized carbons (Fsp3) is 0.250. The number of hydrogen-bond acceptors (Lipinski definition) is 1. The van der Waals surface area contributed by atoms with Crippen molar-refractivity contribution in [2.45, 2.75) is 19.4 Å². The van der Waals surface area contributed by atoms with E-state index in [2.05, 4.69) is 5.32 Å². The van der Waals surface area contributed by atoms with E-state index in [9.17, 15) is 8.78 Å². The molecule has 0 amide bonds. The van der Waals surface area contributed by atoms with Gasteiger partial charge in [0, 0.05) is 17.1 Å². The van der Waals surface area contributed by atoms with E-state index >= 15 is 0 Å². The molecule has 2 aromatic rings. The maximum absolute atomic E-state index is 13.4. The average molecular weight is 296 g/mol. The van der Waals surface area contributed by atoms with Crippen LogP contribution in [-0.2, 0) is 6.42 Å². The Morgan fingerprint density at radius 3 is 2.35 bits per heavy atom. The minimum Gasteiger partial charge on any atom is -0.310 e. The highest BCUT2D eigenvalue weighted by Crippen LogP contribution is 2.24. The number of nitrogens with one attached hydrogen (secondary N) is 1. The van der Waals surface area contributed by atoms with Gasteiger partial charge in [0.05, 0.1) is 0 Å². The summed E-state index contributed by atoms with van der Waals surface area (Å²) in [5.41, 5.74) is 1.54. The van der Waals surface area contributed by atoms with E-state index in [1.54, 1.807) is 0 Å². The highest BCUT2D eigenvalue weighted by molar-refractivity contribution is 6.31. The maximum atomic E-state index is 13.4. The van der Waals surface area contributed by atoms with Crippen molar-refractivity contribution >= 4 is 11.6 Å². The molecule has 106 valence electrons.